The van der Waals surface area contributed by atoms with Crippen molar-refractivity contribution in [2.75, 3.05) is 13.2 Å². The molecule has 3 unspecified atom stereocenters. The number of carboxylic acid groups (broad SMARTS) is 1. The molecule has 1 aromatic heterocycles. The number of rotatable bonds is 5. The van der Waals surface area contributed by atoms with E-state index in [2.05, 4.69) is 12.2 Å². The third kappa shape index (κ3) is 2.91. The number of aromatic carboxylic acids is 1. The van der Waals surface area contributed by atoms with Gasteiger partial charge in [0, 0.05) is 13.2 Å². The van der Waals surface area contributed by atoms with Crippen molar-refractivity contribution in [3.63, 3.8) is 0 Å². The average Bonchev–Trinajstić information content (AvgIpc) is 2.94. The summed E-state index contributed by atoms with van der Waals surface area (Å²) in [4.78, 5) is 10.7. The van der Waals surface area contributed by atoms with Gasteiger partial charge in [0.25, 0.3) is 0 Å². The van der Waals surface area contributed by atoms with Crippen LogP contribution in [0.3, 0.4) is 0 Å². The van der Waals surface area contributed by atoms with E-state index in [4.69, 9.17) is 14.3 Å². The average molecular weight is 253 g/mol. The Hall–Kier alpha value is -1.33. The van der Waals surface area contributed by atoms with Crippen LogP contribution in [-0.4, -0.2) is 30.3 Å². The van der Waals surface area contributed by atoms with Gasteiger partial charge in [-0.15, -0.1) is 0 Å². The van der Waals surface area contributed by atoms with Gasteiger partial charge in [-0.2, -0.15) is 0 Å². The Balaban J connectivity index is 1.86. The van der Waals surface area contributed by atoms with Gasteiger partial charge in [0.15, 0.2) is 0 Å². The highest BCUT2D eigenvalue weighted by molar-refractivity contribution is 5.84. The second-order valence-electron chi connectivity index (χ2n) is 4.76. The van der Waals surface area contributed by atoms with Crippen LogP contribution in [0.15, 0.2) is 16.5 Å². The van der Waals surface area contributed by atoms with Crippen LogP contribution in [0.1, 0.15) is 42.6 Å². The Kier molecular flexibility index (Phi) is 4.04. The first-order valence-corrected chi connectivity index (χ1v) is 6.26. The van der Waals surface area contributed by atoms with Crippen molar-refractivity contribution in [2.24, 2.45) is 5.92 Å². The minimum Gasteiger partial charge on any atom is -0.475 e. The largest absolute Gasteiger partial charge is 0.475 e. The molecule has 2 N–H and O–H groups in total. The van der Waals surface area contributed by atoms with Crippen LogP contribution < -0.4 is 5.32 Å². The molecule has 1 fully saturated rings. The van der Waals surface area contributed by atoms with E-state index in [0.717, 1.165) is 19.6 Å². The smallest absolute Gasteiger partial charge is 0.371 e. The number of furan rings is 1. The van der Waals surface area contributed by atoms with Crippen LogP contribution in [0.4, 0.5) is 0 Å². The fourth-order valence-corrected chi connectivity index (χ4v) is 2.17. The SMILES string of the molecule is CC(NCC1CCOC1C)c1ccc(C(=O)O)o1. The zero-order valence-corrected chi connectivity index (χ0v) is 10.7. The van der Waals surface area contributed by atoms with Gasteiger partial charge in [0.05, 0.1) is 12.1 Å². The molecule has 0 saturated carbocycles. The molecule has 1 aromatic rings. The zero-order chi connectivity index (χ0) is 13.1. The van der Waals surface area contributed by atoms with E-state index in [1.807, 2.05) is 6.92 Å². The van der Waals surface area contributed by atoms with E-state index in [1.54, 1.807) is 6.07 Å². The first kappa shape index (κ1) is 13.1. The van der Waals surface area contributed by atoms with E-state index in [0.29, 0.717) is 11.7 Å². The highest BCUT2D eigenvalue weighted by atomic mass is 16.5. The van der Waals surface area contributed by atoms with Crippen LogP contribution in [0.25, 0.3) is 0 Å². The molecule has 18 heavy (non-hydrogen) atoms. The van der Waals surface area contributed by atoms with Gasteiger partial charge in [0.2, 0.25) is 5.76 Å². The van der Waals surface area contributed by atoms with Gasteiger partial charge >= 0.3 is 5.97 Å². The molecule has 0 aromatic carbocycles. The second-order valence-corrected chi connectivity index (χ2v) is 4.76. The molecule has 0 amide bonds. The quantitative estimate of drug-likeness (QED) is 0.840. The number of carbonyl (C=O) groups is 1. The van der Waals surface area contributed by atoms with E-state index in [9.17, 15) is 4.79 Å². The first-order chi connectivity index (χ1) is 8.58. The van der Waals surface area contributed by atoms with Gasteiger partial charge in [-0.1, -0.05) is 0 Å². The van der Waals surface area contributed by atoms with Crippen molar-refractivity contribution in [2.45, 2.75) is 32.4 Å². The van der Waals surface area contributed by atoms with Crippen molar-refractivity contribution in [1.82, 2.24) is 5.32 Å². The van der Waals surface area contributed by atoms with Crippen molar-refractivity contribution in [3.05, 3.63) is 23.7 Å². The number of nitrogens with one attached hydrogen (secondary N) is 1. The summed E-state index contributed by atoms with van der Waals surface area (Å²) in [6.45, 7) is 5.72. The fraction of sp³-hybridized carbons (Fsp3) is 0.615. The maximum Gasteiger partial charge on any atom is 0.371 e. The molecule has 1 aliphatic rings. The Morgan fingerprint density at radius 3 is 2.94 bits per heavy atom. The van der Waals surface area contributed by atoms with Crippen molar-refractivity contribution in [3.8, 4) is 0 Å². The monoisotopic (exact) mass is 253 g/mol. The number of hydrogen-bond donors (Lipinski definition) is 2. The van der Waals surface area contributed by atoms with E-state index in [1.165, 1.54) is 6.07 Å². The van der Waals surface area contributed by atoms with Crippen LogP contribution in [0.2, 0.25) is 0 Å². The molecule has 5 nitrogen and oxygen atoms in total. The standard InChI is InChI=1S/C13H19NO4/c1-8(11-3-4-12(18-11)13(15)16)14-7-10-5-6-17-9(10)2/h3-4,8-10,14H,5-7H2,1-2H3,(H,15,16). The summed E-state index contributed by atoms with van der Waals surface area (Å²) in [5.41, 5.74) is 0. The molecular weight excluding hydrogens is 234 g/mol. The minimum absolute atomic E-state index is 0.00546. The Labute approximate surface area is 106 Å². The van der Waals surface area contributed by atoms with Crippen LogP contribution >= 0.6 is 0 Å². The molecule has 0 aliphatic carbocycles. The fourth-order valence-electron chi connectivity index (χ4n) is 2.17. The maximum atomic E-state index is 10.7. The number of carboxylic acids is 1. The van der Waals surface area contributed by atoms with Gasteiger partial charge in [-0.3, -0.25) is 0 Å². The lowest BCUT2D eigenvalue weighted by Crippen LogP contribution is -2.28. The molecule has 1 saturated heterocycles. The normalized spacial score (nSPS) is 25.2. The molecular formula is C13H19NO4. The van der Waals surface area contributed by atoms with Crippen LogP contribution in [-0.2, 0) is 4.74 Å². The number of ether oxygens (including phenoxy) is 1. The first-order valence-electron chi connectivity index (χ1n) is 6.26. The van der Waals surface area contributed by atoms with Crippen molar-refractivity contribution < 1.29 is 19.1 Å². The lowest BCUT2D eigenvalue weighted by Gasteiger charge is -2.17. The van der Waals surface area contributed by atoms with Gasteiger partial charge < -0.3 is 19.6 Å². The summed E-state index contributed by atoms with van der Waals surface area (Å²) >= 11 is 0. The highest BCUT2D eigenvalue weighted by Gasteiger charge is 2.24. The van der Waals surface area contributed by atoms with E-state index in [-0.39, 0.29) is 17.9 Å². The summed E-state index contributed by atoms with van der Waals surface area (Å²) in [7, 11) is 0. The summed E-state index contributed by atoms with van der Waals surface area (Å²) in [5, 5.41) is 12.1. The molecule has 5 heteroatoms. The highest BCUT2D eigenvalue weighted by Crippen LogP contribution is 2.21. The zero-order valence-electron chi connectivity index (χ0n) is 10.7. The Morgan fingerprint density at radius 2 is 2.39 bits per heavy atom. The molecule has 0 spiro atoms. The van der Waals surface area contributed by atoms with Crippen LogP contribution in [0.5, 0.6) is 0 Å². The second kappa shape index (κ2) is 5.54. The number of hydrogen-bond acceptors (Lipinski definition) is 4. The van der Waals surface area contributed by atoms with Crippen molar-refractivity contribution >= 4 is 5.97 Å². The third-order valence-electron chi connectivity index (χ3n) is 3.48. The van der Waals surface area contributed by atoms with Gasteiger partial charge in [-0.25, -0.2) is 4.79 Å². The summed E-state index contributed by atoms with van der Waals surface area (Å²) in [5.74, 6) is 0.114. The molecule has 100 valence electrons. The molecule has 1 aliphatic heterocycles. The lowest BCUT2D eigenvalue weighted by atomic mass is 10.0. The van der Waals surface area contributed by atoms with Gasteiger partial charge in [0.1, 0.15) is 5.76 Å². The predicted octanol–water partition coefficient (Wildman–Crippen LogP) is 2.05. The van der Waals surface area contributed by atoms with E-state index >= 15 is 0 Å². The molecule has 3 atom stereocenters. The topological polar surface area (TPSA) is 71.7 Å². The molecule has 0 bridgehead atoms. The summed E-state index contributed by atoms with van der Waals surface area (Å²) < 4.78 is 10.8. The summed E-state index contributed by atoms with van der Waals surface area (Å²) in [6.07, 6.45) is 1.36. The Morgan fingerprint density at radius 1 is 1.61 bits per heavy atom. The Bertz CT molecular complexity index is 415. The third-order valence-corrected chi connectivity index (χ3v) is 3.48. The molecule has 2 heterocycles. The lowest BCUT2D eigenvalue weighted by molar-refractivity contribution is 0.0659. The van der Waals surface area contributed by atoms with Gasteiger partial charge in [-0.05, 0) is 38.3 Å². The van der Waals surface area contributed by atoms with E-state index < -0.39 is 5.97 Å². The molecule has 0 radical (unpaired) electrons. The minimum atomic E-state index is -1.04. The molecule has 2 rings (SSSR count). The maximum absolute atomic E-state index is 10.7. The van der Waals surface area contributed by atoms with Crippen molar-refractivity contribution in [1.29, 1.82) is 0 Å². The van der Waals surface area contributed by atoms with Crippen LogP contribution in [0, 0.1) is 5.92 Å². The predicted molar refractivity (Wildman–Crippen MR) is 65.6 cm³/mol. The summed E-state index contributed by atoms with van der Waals surface area (Å²) in [6, 6.07) is 3.19.